The molecule has 190 valence electrons. The van der Waals surface area contributed by atoms with E-state index in [2.05, 4.69) is 87.1 Å². The third-order valence-electron chi connectivity index (χ3n) is 8.07. The molecule has 2 aromatic heterocycles. The second-order valence-electron chi connectivity index (χ2n) is 10.9. The summed E-state index contributed by atoms with van der Waals surface area (Å²) in [7, 11) is 2.08. The third kappa shape index (κ3) is 3.64. The van der Waals surface area contributed by atoms with Crippen molar-refractivity contribution in [2.24, 2.45) is 7.05 Å². The van der Waals surface area contributed by atoms with Crippen LogP contribution in [0.15, 0.2) is 102 Å². The standard InChI is InChI=1S/C36H29FNO/c1-21(2)24-12-14-28-26(19-24)17-18-38(4)34(28)32-22(3)9-13-29-30-15-16-31(37)33(36(30)39-35(29)32)27-11-10-23-7-5-6-8-25(23)20-27/h5-21H,1-4H3/q+1. The summed E-state index contributed by atoms with van der Waals surface area (Å²) >= 11 is 0. The van der Waals surface area contributed by atoms with Crippen molar-refractivity contribution in [3.63, 3.8) is 0 Å². The number of hydrogen-bond acceptors (Lipinski definition) is 1. The van der Waals surface area contributed by atoms with Crippen LogP contribution in [0.2, 0.25) is 0 Å². The Balaban J connectivity index is 1.54. The Labute approximate surface area is 226 Å². The van der Waals surface area contributed by atoms with E-state index >= 15 is 4.39 Å². The Bertz CT molecular complexity index is 2080. The van der Waals surface area contributed by atoms with Gasteiger partial charge in [-0.1, -0.05) is 74.5 Å². The molecule has 2 heterocycles. The van der Waals surface area contributed by atoms with Crippen LogP contribution < -0.4 is 4.57 Å². The summed E-state index contributed by atoms with van der Waals surface area (Å²) in [6.07, 6.45) is 2.11. The van der Waals surface area contributed by atoms with Gasteiger partial charge in [0.2, 0.25) is 5.69 Å². The molecule has 0 bridgehead atoms. The normalized spacial score (nSPS) is 11.9. The molecule has 2 nitrogen and oxygen atoms in total. The molecule has 7 rings (SSSR count). The van der Waals surface area contributed by atoms with Crippen molar-refractivity contribution in [1.29, 1.82) is 0 Å². The van der Waals surface area contributed by atoms with Crippen molar-refractivity contribution in [1.82, 2.24) is 0 Å². The fourth-order valence-corrected chi connectivity index (χ4v) is 5.95. The minimum absolute atomic E-state index is 0.285. The summed E-state index contributed by atoms with van der Waals surface area (Å²) < 4.78 is 24.4. The predicted molar refractivity (Wildman–Crippen MR) is 160 cm³/mol. The van der Waals surface area contributed by atoms with Crippen LogP contribution in [-0.2, 0) is 7.05 Å². The Hall–Kier alpha value is -4.50. The number of hydrogen-bond donors (Lipinski definition) is 0. The van der Waals surface area contributed by atoms with Gasteiger partial charge in [-0.2, -0.15) is 0 Å². The maximum Gasteiger partial charge on any atom is 0.224 e. The first-order valence-corrected chi connectivity index (χ1v) is 13.5. The molecular weight excluding hydrogens is 481 g/mol. The summed E-state index contributed by atoms with van der Waals surface area (Å²) in [5.74, 6) is 0.169. The predicted octanol–water partition coefficient (Wildman–Crippen LogP) is 9.62. The van der Waals surface area contributed by atoms with E-state index in [1.807, 2.05) is 36.4 Å². The molecule has 0 amide bonds. The molecule has 0 atom stereocenters. The monoisotopic (exact) mass is 510 g/mol. The topological polar surface area (TPSA) is 17.0 Å². The fourth-order valence-electron chi connectivity index (χ4n) is 5.95. The van der Waals surface area contributed by atoms with Gasteiger partial charge in [0.05, 0.1) is 16.5 Å². The minimum atomic E-state index is -0.285. The van der Waals surface area contributed by atoms with Gasteiger partial charge in [0, 0.05) is 16.8 Å². The number of aromatic nitrogens is 1. The smallest absolute Gasteiger partial charge is 0.224 e. The summed E-state index contributed by atoms with van der Waals surface area (Å²) in [6, 6.07) is 30.8. The lowest BCUT2D eigenvalue weighted by Gasteiger charge is -2.11. The lowest BCUT2D eigenvalue weighted by Crippen LogP contribution is -2.30. The first-order valence-electron chi connectivity index (χ1n) is 13.5. The first kappa shape index (κ1) is 23.6. The van der Waals surface area contributed by atoms with Gasteiger partial charge in [-0.05, 0) is 70.0 Å². The number of rotatable bonds is 3. The Morgan fingerprint density at radius 3 is 2.21 bits per heavy atom. The van der Waals surface area contributed by atoms with Crippen LogP contribution in [-0.4, -0.2) is 0 Å². The molecule has 0 N–H and O–H groups in total. The molecule has 0 spiro atoms. The quantitative estimate of drug-likeness (QED) is 0.216. The zero-order valence-electron chi connectivity index (χ0n) is 22.5. The number of benzene rings is 5. The van der Waals surface area contributed by atoms with E-state index in [0.717, 1.165) is 49.5 Å². The molecule has 0 radical (unpaired) electrons. The van der Waals surface area contributed by atoms with Crippen molar-refractivity contribution in [2.45, 2.75) is 26.7 Å². The molecule has 0 unspecified atom stereocenters. The van der Waals surface area contributed by atoms with Gasteiger partial charge >= 0.3 is 0 Å². The first-order chi connectivity index (χ1) is 18.9. The molecule has 0 aliphatic heterocycles. The maximum absolute atomic E-state index is 15.5. The van der Waals surface area contributed by atoms with Crippen LogP contribution in [0.4, 0.5) is 4.39 Å². The summed E-state index contributed by atoms with van der Waals surface area (Å²) in [4.78, 5) is 0. The number of aryl methyl sites for hydroxylation is 2. The van der Waals surface area contributed by atoms with Gasteiger partial charge in [-0.25, -0.2) is 8.96 Å². The van der Waals surface area contributed by atoms with Crippen molar-refractivity contribution in [3.05, 3.63) is 114 Å². The van der Waals surface area contributed by atoms with Crippen LogP contribution in [0.25, 0.3) is 65.9 Å². The van der Waals surface area contributed by atoms with Crippen molar-refractivity contribution < 1.29 is 13.4 Å². The highest BCUT2D eigenvalue weighted by Crippen LogP contribution is 2.43. The van der Waals surface area contributed by atoms with E-state index in [0.29, 0.717) is 17.1 Å². The van der Waals surface area contributed by atoms with Gasteiger partial charge in [0.15, 0.2) is 6.20 Å². The minimum Gasteiger partial charge on any atom is -0.454 e. The van der Waals surface area contributed by atoms with Crippen LogP contribution >= 0.6 is 0 Å². The van der Waals surface area contributed by atoms with Crippen molar-refractivity contribution >= 4 is 43.5 Å². The molecule has 0 fully saturated rings. The van der Waals surface area contributed by atoms with Crippen LogP contribution in [0.1, 0.15) is 30.9 Å². The molecule has 3 heteroatoms. The molecular formula is C36H29FNO+. The van der Waals surface area contributed by atoms with Crippen LogP contribution in [0, 0.1) is 12.7 Å². The Morgan fingerprint density at radius 1 is 0.692 bits per heavy atom. The lowest BCUT2D eigenvalue weighted by molar-refractivity contribution is -0.659. The number of pyridine rings is 1. The summed E-state index contributed by atoms with van der Waals surface area (Å²) in [5.41, 5.74) is 7.25. The van der Waals surface area contributed by atoms with Gasteiger partial charge in [-0.15, -0.1) is 0 Å². The molecule has 39 heavy (non-hydrogen) atoms. The highest BCUT2D eigenvalue weighted by Gasteiger charge is 2.25. The van der Waals surface area contributed by atoms with E-state index in [4.69, 9.17) is 4.42 Å². The van der Waals surface area contributed by atoms with Gasteiger partial charge in [0.25, 0.3) is 0 Å². The maximum atomic E-state index is 15.5. The second kappa shape index (κ2) is 8.78. The largest absolute Gasteiger partial charge is 0.454 e. The summed E-state index contributed by atoms with van der Waals surface area (Å²) in [5, 5.41) is 6.47. The fraction of sp³-hybridized carbons (Fsp3) is 0.139. The highest BCUT2D eigenvalue weighted by molar-refractivity contribution is 6.15. The zero-order chi connectivity index (χ0) is 26.8. The van der Waals surface area contributed by atoms with E-state index < -0.39 is 0 Å². The van der Waals surface area contributed by atoms with E-state index in [1.165, 1.54) is 16.3 Å². The van der Waals surface area contributed by atoms with Crippen molar-refractivity contribution in [2.75, 3.05) is 0 Å². The molecule has 0 saturated carbocycles. The average Bonchev–Trinajstić information content (AvgIpc) is 3.31. The van der Waals surface area contributed by atoms with Gasteiger partial charge in [0.1, 0.15) is 24.0 Å². The molecule has 0 aliphatic rings. The van der Waals surface area contributed by atoms with E-state index in [9.17, 15) is 0 Å². The zero-order valence-corrected chi connectivity index (χ0v) is 22.5. The molecule has 5 aromatic carbocycles. The number of fused-ring (bicyclic) bond motifs is 5. The van der Waals surface area contributed by atoms with E-state index in [1.54, 1.807) is 6.07 Å². The van der Waals surface area contributed by atoms with Gasteiger partial charge in [-0.3, -0.25) is 0 Å². The second-order valence-corrected chi connectivity index (χ2v) is 10.9. The summed E-state index contributed by atoms with van der Waals surface area (Å²) in [6.45, 7) is 6.56. The Morgan fingerprint density at radius 2 is 1.41 bits per heavy atom. The molecule has 0 saturated heterocycles. The molecule has 0 aliphatic carbocycles. The SMILES string of the molecule is Cc1ccc2c(oc3c(-c4ccc5ccccc5c4)c(F)ccc32)c1-c1c2ccc(C(C)C)cc2cc[n+]1C. The van der Waals surface area contributed by atoms with Crippen molar-refractivity contribution in [3.8, 4) is 22.4 Å². The average molecular weight is 511 g/mol. The lowest BCUT2D eigenvalue weighted by atomic mass is 9.94. The number of halogens is 1. The third-order valence-corrected chi connectivity index (χ3v) is 8.07. The van der Waals surface area contributed by atoms with E-state index in [-0.39, 0.29) is 5.82 Å². The number of nitrogens with zero attached hydrogens (tertiary/aromatic N) is 1. The number of furan rings is 1. The molecule has 7 aromatic rings. The highest BCUT2D eigenvalue weighted by atomic mass is 19.1. The van der Waals surface area contributed by atoms with Gasteiger partial charge < -0.3 is 4.42 Å². The van der Waals surface area contributed by atoms with Crippen LogP contribution in [0.5, 0.6) is 0 Å². The van der Waals surface area contributed by atoms with Crippen LogP contribution in [0.3, 0.4) is 0 Å². The Kier molecular flexibility index (Phi) is 5.31.